The van der Waals surface area contributed by atoms with Crippen molar-refractivity contribution in [2.75, 3.05) is 0 Å². The zero-order valence-electron chi connectivity index (χ0n) is 25.6. The molecule has 4 N–H and O–H groups in total. The molecule has 13 atom stereocenters. The highest BCUT2D eigenvalue weighted by Gasteiger charge is 2.63. The largest absolute Gasteiger partial charge is 0.397 e. The molecular formula is C29H52O10S2. The first-order chi connectivity index (χ1) is 18.6. The first-order valence-corrected chi connectivity index (χ1v) is 18.0. The van der Waals surface area contributed by atoms with Crippen LogP contribution in [0.4, 0.5) is 0 Å². The summed E-state index contributed by atoms with van der Waals surface area (Å²) < 4.78 is 75.0. The van der Waals surface area contributed by atoms with Crippen LogP contribution in [0, 0.1) is 57.7 Å². The van der Waals surface area contributed by atoms with Gasteiger partial charge in [-0.05, 0) is 109 Å². The fourth-order valence-corrected chi connectivity index (χ4v) is 11.0. The second kappa shape index (κ2) is 11.2. The Morgan fingerprint density at radius 2 is 1.34 bits per heavy atom. The highest BCUT2D eigenvalue weighted by molar-refractivity contribution is 7.81. The Hall–Kier alpha value is -0.340. The van der Waals surface area contributed by atoms with Crippen LogP contribution in [0.1, 0.15) is 99.8 Å². The summed E-state index contributed by atoms with van der Waals surface area (Å²) in [4.78, 5) is 0. The van der Waals surface area contributed by atoms with Crippen LogP contribution in [0.3, 0.4) is 0 Å². The molecular weight excluding hydrogens is 572 g/mol. The van der Waals surface area contributed by atoms with Crippen LogP contribution in [-0.4, -0.2) is 60.6 Å². The lowest BCUT2D eigenvalue weighted by Crippen LogP contribution is -2.58. The maximum absolute atomic E-state index is 11.7. The van der Waals surface area contributed by atoms with E-state index in [-0.39, 0.29) is 58.7 Å². The summed E-state index contributed by atoms with van der Waals surface area (Å²) in [6, 6.07) is 0. The zero-order chi connectivity index (χ0) is 30.9. The summed E-state index contributed by atoms with van der Waals surface area (Å²) in [5.41, 5.74) is -0.484. The predicted octanol–water partition coefficient (Wildman–Crippen LogP) is 4.67. The van der Waals surface area contributed by atoms with E-state index in [1.165, 1.54) is 0 Å². The molecule has 0 spiro atoms. The Labute approximate surface area is 246 Å². The van der Waals surface area contributed by atoms with Gasteiger partial charge in [0, 0.05) is 0 Å². The average Bonchev–Trinajstić information content (AvgIpc) is 3.17. The second-order valence-electron chi connectivity index (χ2n) is 15.4. The third kappa shape index (κ3) is 6.55. The molecule has 4 fully saturated rings. The molecule has 0 aromatic heterocycles. The Morgan fingerprint density at radius 1 is 0.780 bits per heavy atom. The standard InChI is InChI=1S/C29H52O10S2/c1-16(25(30)26(31)17(2)27(3,4)5)20-10-11-21-19-9-8-18-14-23(38-40(32,33)34)24(39-41(35,36)37)15-29(18,7)22(19)12-13-28(20,21)6/h16-26,30-31H,8-15H2,1-7H3,(H,32,33,34)(H,35,36,37)/t16-,17+,18-,19-,20+,21-,22-,23-,24-,25+,26-,28+,29-/m0/s1. The van der Waals surface area contributed by atoms with Crippen LogP contribution in [-0.2, 0) is 29.2 Å². The summed E-state index contributed by atoms with van der Waals surface area (Å²) in [5, 5.41) is 22.4. The third-order valence-corrected chi connectivity index (χ3v) is 13.6. The number of rotatable bonds is 8. The van der Waals surface area contributed by atoms with Crippen LogP contribution >= 0.6 is 0 Å². The van der Waals surface area contributed by atoms with E-state index in [0.717, 1.165) is 38.5 Å². The molecule has 0 aliphatic heterocycles. The molecule has 0 aromatic carbocycles. The Morgan fingerprint density at radius 3 is 1.90 bits per heavy atom. The van der Waals surface area contributed by atoms with Crippen LogP contribution in [0.2, 0.25) is 0 Å². The number of aliphatic hydroxyl groups excluding tert-OH is 2. The van der Waals surface area contributed by atoms with Gasteiger partial charge in [0.15, 0.2) is 0 Å². The van der Waals surface area contributed by atoms with Gasteiger partial charge >= 0.3 is 20.8 Å². The van der Waals surface area contributed by atoms with E-state index >= 15 is 0 Å². The Balaban J connectivity index is 1.55. The van der Waals surface area contributed by atoms with Gasteiger partial charge in [0.1, 0.15) is 12.2 Å². The lowest BCUT2D eigenvalue weighted by atomic mass is 9.44. The van der Waals surface area contributed by atoms with Crippen LogP contribution < -0.4 is 0 Å². The van der Waals surface area contributed by atoms with Gasteiger partial charge in [-0.3, -0.25) is 9.11 Å². The first kappa shape index (κ1) is 33.6. The van der Waals surface area contributed by atoms with E-state index < -0.39 is 45.2 Å². The molecule has 4 aliphatic rings. The summed E-state index contributed by atoms with van der Waals surface area (Å²) in [6.45, 7) is 14.8. The minimum Gasteiger partial charge on any atom is -0.390 e. The fraction of sp³-hybridized carbons (Fsp3) is 1.00. The lowest BCUT2D eigenvalue weighted by Gasteiger charge is -2.62. The van der Waals surface area contributed by atoms with Gasteiger partial charge in [0.25, 0.3) is 0 Å². The van der Waals surface area contributed by atoms with Gasteiger partial charge < -0.3 is 10.2 Å². The number of hydrogen-bond donors (Lipinski definition) is 4. The van der Waals surface area contributed by atoms with Crippen molar-refractivity contribution in [3.8, 4) is 0 Å². The highest BCUT2D eigenvalue weighted by atomic mass is 32.3. The molecule has 0 aromatic rings. The first-order valence-electron chi connectivity index (χ1n) is 15.3. The maximum atomic E-state index is 11.7. The van der Waals surface area contributed by atoms with Crippen molar-refractivity contribution < 1.29 is 44.5 Å². The second-order valence-corrected chi connectivity index (χ2v) is 17.5. The molecule has 0 heterocycles. The minimum absolute atomic E-state index is 0.00503. The smallest absolute Gasteiger partial charge is 0.390 e. The van der Waals surface area contributed by atoms with E-state index in [9.17, 15) is 36.2 Å². The molecule has 41 heavy (non-hydrogen) atoms. The summed E-state index contributed by atoms with van der Waals surface area (Å²) in [6.07, 6.45) is 1.98. The van der Waals surface area contributed by atoms with E-state index in [1.807, 2.05) is 6.92 Å². The van der Waals surface area contributed by atoms with Crippen molar-refractivity contribution in [2.45, 2.75) is 124 Å². The van der Waals surface area contributed by atoms with Gasteiger partial charge in [-0.1, -0.05) is 48.5 Å². The van der Waals surface area contributed by atoms with E-state index in [2.05, 4.69) is 41.5 Å². The molecule has 4 saturated carbocycles. The van der Waals surface area contributed by atoms with Crippen molar-refractivity contribution in [3.05, 3.63) is 0 Å². The zero-order valence-corrected chi connectivity index (χ0v) is 27.2. The molecule has 0 radical (unpaired) electrons. The number of fused-ring (bicyclic) bond motifs is 5. The van der Waals surface area contributed by atoms with Crippen LogP contribution in [0.5, 0.6) is 0 Å². The Bertz CT molecular complexity index is 1170. The number of hydrogen-bond acceptors (Lipinski definition) is 8. The van der Waals surface area contributed by atoms with Crippen LogP contribution in [0.15, 0.2) is 0 Å². The van der Waals surface area contributed by atoms with Crippen molar-refractivity contribution >= 4 is 20.8 Å². The predicted molar refractivity (Wildman–Crippen MR) is 153 cm³/mol. The van der Waals surface area contributed by atoms with Crippen molar-refractivity contribution in [1.82, 2.24) is 0 Å². The number of aliphatic hydroxyl groups is 2. The van der Waals surface area contributed by atoms with Gasteiger partial charge in [0.05, 0.1) is 12.2 Å². The average molecular weight is 625 g/mol. The van der Waals surface area contributed by atoms with Crippen LogP contribution in [0.25, 0.3) is 0 Å². The summed E-state index contributed by atoms with van der Waals surface area (Å²) in [7, 11) is -9.73. The quantitative estimate of drug-likeness (QED) is 0.279. The molecule has 0 amide bonds. The van der Waals surface area contributed by atoms with Gasteiger partial charge in [-0.2, -0.15) is 16.8 Å². The Kier molecular flexibility index (Phi) is 9.19. The van der Waals surface area contributed by atoms with Crippen molar-refractivity contribution in [2.24, 2.45) is 57.7 Å². The lowest BCUT2D eigenvalue weighted by molar-refractivity contribution is -0.156. The molecule has 10 nitrogen and oxygen atoms in total. The van der Waals surface area contributed by atoms with Crippen molar-refractivity contribution in [1.29, 1.82) is 0 Å². The van der Waals surface area contributed by atoms with Gasteiger partial charge in [0.2, 0.25) is 0 Å². The van der Waals surface area contributed by atoms with E-state index in [4.69, 9.17) is 8.37 Å². The van der Waals surface area contributed by atoms with E-state index in [0.29, 0.717) is 11.8 Å². The molecule has 4 rings (SSSR count). The molecule has 0 saturated heterocycles. The topological polar surface area (TPSA) is 168 Å². The molecule has 4 aliphatic carbocycles. The highest BCUT2D eigenvalue weighted by Crippen LogP contribution is 2.68. The monoisotopic (exact) mass is 624 g/mol. The molecule has 240 valence electrons. The third-order valence-electron chi connectivity index (χ3n) is 12.6. The molecule has 12 heteroatoms. The summed E-state index contributed by atoms with van der Waals surface area (Å²) >= 11 is 0. The molecule has 0 unspecified atom stereocenters. The fourth-order valence-electron chi connectivity index (χ4n) is 10.0. The molecule has 0 bridgehead atoms. The van der Waals surface area contributed by atoms with Crippen molar-refractivity contribution in [3.63, 3.8) is 0 Å². The van der Waals surface area contributed by atoms with Gasteiger partial charge in [-0.25, -0.2) is 8.37 Å². The maximum Gasteiger partial charge on any atom is 0.397 e. The SMILES string of the molecule is C[C@H]([C@@H](O)[C@@H](O)[C@@H](C)C(C)(C)C)[C@H]1CC[C@H]2[C@@H]3CC[C@H]4C[C@H](OS(=O)(=O)O)[C@@H](OS(=O)(=O)O)C[C@]4(C)[C@H]3CC[C@]12C. The minimum atomic E-state index is -4.88. The normalized spacial score (nSPS) is 42.9. The van der Waals surface area contributed by atoms with E-state index in [1.54, 1.807) is 0 Å². The summed E-state index contributed by atoms with van der Waals surface area (Å²) in [5.74, 6) is 1.25. The van der Waals surface area contributed by atoms with Gasteiger partial charge in [-0.15, -0.1) is 0 Å².